The van der Waals surface area contributed by atoms with E-state index in [1.165, 1.54) is 6.07 Å². The Bertz CT molecular complexity index is 808. The average Bonchev–Trinajstić information content (AvgIpc) is 2.51. The van der Waals surface area contributed by atoms with Crippen LogP contribution in [-0.4, -0.2) is 34.2 Å². The van der Waals surface area contributed by atoms with Gasteiger partial charge in [-0.25, -0.2) is 4.98 Å². The molecule has 3 rings (SSSR count). The number of benzene rings is 1. The van der Waals surface area contributed by atoms with Crippen molar-refractivity contribution < 1.29 is 4.74 Å². The predicted molar refractivity (Wildman–Crippen MR) is 105 cm³/mol. The highest BCUT2D eigenvalue weighted by Gasteiger charge is 2.37. The van der Waals surface area contributed by atoms with Crippen LogP contribution in [0.3, 0.4) is 0 Å². The fourth-order valence-electron chi connectivity index (χ4n) is 4.05. The lowest BCUT2D eigenvalue weighted by Crippen LogP contribution is -2.60. The summed E-state index contributed by atoms with van der Waals surface area (Å²) in [6, 6.07) is 9.29. The van der Waals surface area contributed by atoms with Gasteiger partial charge in [-0.3, -0.25) is 9.78 Å². The van der Waals surface area contributed by atoms with Gasteiger partial charge in [-0.15, -0.1) is 0 Å². The Morgan fingerprint density at radius 1 is 1.12 bits per heavy atom. The minimum absolute atomic E-state index is 0.0211. The first-order chi connectivity index (χ1) is 12.2. The number of nitrogens with zero attached hydrogens (tertiary/aromatic N) is 1. The number of methoxy groups -OCH3 is 1. The van der Waals surface area contributed by atoms with Gasteiger partial charge in [-0.1, -0.05) is 0 Å². The first-order valence-electron chi connectivity index (χ1n) is 8.97. The van der Waals surface area contributed by atoms with E-state index >= 15 is 0 Å². The molecule has 1 fully saturated rings. The molecule has 26 heavy (non-hydrogen) atoms. The molecule has 0 amide bonds. The largest absolute Gasteiger partial charge is 0.497 e. The molecule has 0 spiro atoms. The predicted octanol–water partition coefficient (Wildman–Crippen LogP) is 3.17. The van der Waals surface area contributed by atoms with Gasteiger partial charge in [0.2, 0.25) is 5.95 Å². The lowest BCUT2D eigenvalue weighted by Gasteiger charge is -2.46. The molecule has 0 atom stereocenters. The van der Waals surface area contributed by atoms with Gasteiger partial charge >= 0.3 is 0 Å². The first kappa shape index (κ1) is 18.5. The molecule has 0 unspecified atom stereocenters. The van der Waals surface area contributed by atoms with Crippen molar-refractivity contribution in [2.75, 3.05) is 12.4 Å². The molecule has 0 aliphatic carbocycles. The van der Waals surface area contributed by atoms with Crippen LogP contribution < -0.4 is 20.9 Å². The number of anilines is 1. The fraction of sp³-hybridized carbons (Fsp3) is 0.500. The molecule has 1 aromatic heterocycles. The third-order valence-electron chi connectivity index (χ3n) is 4.66. The molecule has 6 nitrogen and oxygen atoms in total. The van der Waals surface area contributed by atoms with E-state index in [0.717, 1.165) is 24.2 Å². The van der Waals surface area contributed by atoms with Crippen molar-refractivity contribution in [3.05, 3.63) is 40.7 Å². The SMILES string of the molecule is COc1ccc(-c2cc(=O)[nH]c(NC3CC(C)(C)NC(C)(C)C3)n2)cc1. The van der Waals surface area contributed by atoms with E-state index in [9.17, 15) is 4.79 Å². The summed E-state index contributed by atoms with van der Waals surface area (Å²) in [6.45, 7) is 8.80. The summed E-state index contributed by atoms with van der Waals surface area (Å²) < 4.78 is 5.19. The van der Waals surface area contributed by atoms with Crippen molar-refractivity contribution >= 4 is 5.95 Å². The summed E-state index contributed by atoms with van der Waals surface area (Å²) >= 11 is 0. The van der Waals surface area contributed by atoms with Gasteiger partial charge in [0.15, 0.2) is 0 Å². The number of aromatic amines is 1. The molecule has 140 valence electrons. The number of rotatable bonds is 4. The van der Waals surface area contributed by atoms with Gasteiger partial charge < -0.3 is 15.4 Å². The van der Waals surface area contributed by atoms with Crippen molar-refractivity contribution in [1.29, 1.82) is 0 Å². The van der Waals surface area contributed by atoms with Gasteiger partial charge in [0.05, 0.1) is 12.8 Å². The molecule has 1 aliphatic heterocycles. The maximum absolute atomic E-state index is 12.1. The minimum atomic E-state index is -0.166. The van der Waals surface area contributed by atoms with Crippen molar-refractivity contribution in [3.8, 4) is 17.0 Å². The Hall–Kier alpha value is -2.34. The zero-order valence-corrected chi connectivity index (χ0v) is 16.1. The Labute approximate surface area is 154 Å². The highest BCUT2D eigenvalue weighted by molar-refractivity contribution is 5.61. The number of piperidine rings is 1. The van der Waals surface area contributed by atoms with Crippen LogP contribution in [0.25, 0.3) is 11.3 Å². The fourth-order valence-corrected chi connectivity index (χ4v) is 4.05. The zero-order chi connectivity index (χ0) is 18.9. The minimum Gasteiger partial charge on any atom is -0.497 e. The third-order valence-corrected chi connectivity index (χ3v) is 4.66. The van der Waals surface area contributed by atoms with Crippen LogP contribution in [0.5, 0.6) is 5.75 Å². The summed E-state index contributed by atoms with van der Waals surface area (Å²) in [6.07, 6.45) is 1.90. The molecular weight excluding hydrogens is 328 g/mol. The first-order valence-corrected chi connectivity index (χ1v) is 8.97. The molecule has 6 heteroatoms. The monoisotopic (exact) mass is 356 g/mol. The van der Waals surface area contributed by atoms with Gasteiger partial charge in [0.1, 0.15) is 5.75 Å². The van der Waals surface area contributed by atoms with E-state index in [1.54, 1.807) is 7.11 Å². The van der Waals surface area contributed by atoms with Gasteiger partial charge in [-0.05, 0) is 64.8 Å². The topological polar surface area (TPSA) is 79.0 Å². The maximum atomic E-state index is 12.1. The molecular formula is C20H28N4O2. The number of ether oxygens (including phenoxy) is 1. The Morgan fingerprint density at radius 2 is 1.73 bits per heavy atom. The summed E-state index contributed by atoms with van der Waals surface area (Å²) in [5, 5.41) is 7.10. The summed E-state index contributed by atoms with van der Waals surface area (Å²) in [5.74, 6) is 1.29. The van der Waals surface area contributed by atoms with Crippen molar-refractivity contribution in [2.24, 2.45) is 0 Å². The second-order valence-electron chi connectivity index (χ2n) is 8.35. The quantitative estimate of drug-likeness (QED) is 0.784. The smallest absolute Gasteiger partial charge is 0.252 e. The molecule has 1 aliphatic rings. The standard InChI is InChI=1S/C20H28N4O2/c1-19(2)11-14(12-20(3,4)24-19)21-18-22-16(10-17(25)23-18)13-6-8-15(26-5)9-7-13/h6-10,14,24H,11-12H2,1-5H3,(H2,21,22,23,25). The average molecular weight is 356 g/mol. The maximum Gasteiger partial charge on any atom is 0.252 e. The summed E-state index contributed by atoms with van der Waals surface area (Å²) in [4.78, 5) is 19.6. The van der Waals surface area contributed by atoms with Crippen LogP contribution in [0.15, 0.2) is 35.1 Å². The van der Waals surface area contributed by atoms with Crippen LogP contribution in [0.4, 0.5) is 5.95 Å². The highest BCUT2D eigenvalue weighted by Crippen LogP contribution is 2.30. The van der Waals surface area contributed by atoms with Crippen LogP contribution >= 0.6 is 0 Å². The second kappa shape index (κ2) is 6.76. The zero-order valence-electron chi connectivity index (χ0n) is 16.1. The Balaban J connectivity index is 1.84. The molecule has 1 saturated heterocycles. The van der Waals surface area contributed by atoms with Crippen LogP contribution in [0, 0.1) is 0 Å². The number of H-pyrrole nitrogens is 1. The Kier molecular flexibility index (Phi) is 4.80. The number of aromatic nitrogens is 2. The van der Waals surface area contributed by atoms with Crippen LogP contribution in [0.1, 0.15) is 40.5 Å². The highest BCUT2D eigenvalue weighted by atomic mass is 16.5. The molecule has 0 bridgehead atoms. The molecule has 0 saturated carbocycles. The molecule has 3 N–H and O–H groups in total. The normalized spacial score (nSPS) is 19.1. The van der Waals surface area contributed by atoms with Crippen LogP contribution in [-0.2, 0) is 0 Å². The lowest BCUT2D eigenvalue weighted by atomic mass is 9.80. The number of hydrogen-bond acceptors (Lipinski definition) is 5. The van der Waals surface area contributed by atoms with Gasteiger partial charge in [0, 0.05) is 28.7 Å². The van der Waals surface area contributed by atoms with E-state index in [0.29, 0.717) is 11.6 Å². The molecule has 2 aromatic rings. The number of hydrogen-bond donors (Lipinski definition) is 3. The molecule has 0 radical (unpaired) electrons. The van der Waals surface area contributed by atoms with E-state index < -0.39 is 0 Å². The number of nitrogens with one attached hydrogen (secondary N) is 3. The van der Waals surface area contributed by atoms with Gasteiger partial charge in [0.25, 0.3) is 5.56 Å². The molecule has 1 aromatic carbocycles. The van der Waals surface area contributed by atoms with E-state index in [4.69, 9.17) is 4.74 Å². The lowest BCUT2D eigenvalue weighted by molar-refractivity contribution is 0.170. The Morgan fingerprint density at radius 3 is 2.31 bits per heavy atom. The second-order valence-corrected chi connectivity index (χ2v) is 8.35. The molecule has 2 heterocycles. The summed E-state index contributed by atoms with van der Waals surface area (Å²) in [7, 11) is 1.63. The van der Waals surface area contributed by atoms with Crippen molar-refractivity contribution in [2.45, 2.75) is 57.7 Å². The van der Waals surface area contributed by atoms with E-state index in [-0.39, 0.29) is 22.7 Å². The van der Waals surface area contributed by atoms with E-state index in [1.807, 2.05) is 24.3 Å². The summed E-state index contributed by atoms with van der Waals surface area (Å²) in [5.41, 5.74) is 1.40. The van der Waals surface area contributed by atoms with Gasteiger partial charge in [-0.2, -0.15) is 0 Å². The van der Waals surface area contributed by atoms with Crippen molar-refractivity contribution in [1.82, 2.24) is 15.3 Å². The third kappa shape index (κ3) is 4.43. The van der Waals surface area contributed by atoms with E-state index in [2.05, 4.69) is 48.3 Å². The van der Waals surface area contributed by atoms with Crippen molar-refractivity contribution in [3.63, 3.8) is 0 Å². The van der Waals surface area contributed by atoms with Crippen LogP contribution in [0.2, 0.25) is 0 Å².